The van der Waals surface area contributed by atoms with Crippen molar-refractivity contribution in [3.05, 3.63) is 77.1 Å². The van der Waals surface area contributed by atoms with E-state index in [1.807, 2.05) is 0 Å². The SMILES string of the molecule is CC1=CC(NCc2ccc(N(C)C)cc2)=CCC1C1=CCC(C(=O)CCC2CCCC2(C)C)C=C1. The molecule has 3 heteroatoms. The molecule has 0 aliphatic heterocycles. The Morgan fingerprint density at radius 1 is 1.11 bits per heavy atom. The average Bonchev–Trinajstić information content (AvgIpc) is 3.19. The Hall–Kier alpha value is -2.55. The highest BCUT2D eigenvalue weighted by atomic mass is 16.1. The van der Waals surface area contributed by atoms with Gasteiger partial charge in [-0.15, -0.1) is 0 Å². The zero-order valence-electron chi connectivity index (χ0n) is 22.4. The van der Waals surface area contributed by atoms with Gasteiger partial charge in [-0.2, -0.15) is 0 Å². The molecule has 3 atom stereocenters. The van der Waals surface area contributed by atoms with Gasteiger partial charge >= 0.3 is 0 Å². The number of hydrogen-bond donors (Lipinski definition) is 1. The van der Waals surface area contributed by atoms with Crippen LogP contribution in [0.3, 0.4) is 0 Å². The fraction of sp³-hybridized carbons (Fsp3) is 0.531. The summed E-state index contributed by atoms with van der Waals surface area (Å²) in [5.41, 5.74) is 6.89. The van der Waals surface area contributed by atoms with Gasteiger partial charge in [0.2, 0.25) is 0 Å². The van der Waals surface area contributed by atoms with Gasteiger partial charge in [-0.05, 0) is 79.7 Å². The van der Waals surface area contributed by atoms with Gasteiger partial charge in [-0.25, -0.2) is 0 Å². The monoisotopic (exact) mass is 472 g/mol. The van der Waals surface area contributed by atoms with Crippen LogP contribution in [0.2, 0.25) is 0 Å². The van der Waals surface area contributed by atoms with Crippen LogP contribution in [-0.4, -0.2) is 19.9 Å². The number of carbonyl (C=O) groups is 1. The molecule has 1 aromatic carbocycles. The highest BCUT2D eigenvalue weighted by molar-refractivity contribution is 5.83. The van der Waals surface area contributed by atoms with Crippen LogP contribution in [0.25, 0.3) is 0 Å². The van der Waals surface area contributed by atoms with Crippen LogP contribution in [0.15, 0.2) is 71.5 Å². The number of nitrogens with one attached hydrogen (secondary N) is 1. The molecule has 35 heavy (non-hydrogen) atoms. The second kappa shape index (κ2) is 11.0. The first kappa shape index (κ1) is 25.5. The molecule has 188 valence electrons. The number of benzene rings is 1. The summed E-state index contributed by atoms with van der Waals surface area (Å²) < 4.78 is 0. The lowest BCUT2D eigenvalue weighted by atomic mass is 9.77. The Bertz CT molecular complexity index is 1020. The van der Waals surface area contributed by atoms with Gasteiger partial charge in [-0.1, -0.05) is 62.3 Å². The maximum atomic E-state index is 12.9. The molecule has 0 bridgehead atoms. The van der Waals surface area contributed by atoms with Crippen LogP contribution in [0.5, 0.6) is 0 Å². The van der Waals surface area contributed by atoms with Crippen LogP contribution in [-0.2, 0) is 11.3 Å². The molecule has 1 saturated carbocycles. The summed E-state index contributed by atoms with van der Waals surface area (Å²) in [6.07, 6.45) is 19.0. The molecule has 0 spiro atoms. The van der Waals surface area contributed by atoms with Crippen LogP contribution < -0.4 is 10.2 Å². The Kier molecular flexibility index (Phi) is 8.04. The molecular weight excluding hydrogens is 428 g/mol. The van der Waals surface area contributed by atoms with Crippen molar-refractivity contribution < 1.29 is 4.79 Å². The van der Waals surface area contributed by atoms with E-state index < -0.39 is 0 Å². The number of nitrogens with zero attached hydrogens (tertiary/aromatic N) is 1. The third-order valence-electron chi connectivity index (χ3n) is 8.62. The molecule has 1 aromatic rings. The summed E-state index contributed by atoms with van der Waals surface area (Å²) in [5, 5.41) is 3.59. The van der Waals surface area contributed by atoms with Crippen LogP contribution in [0, 0.1) is 23.2 Å². The molecule has 1 N–H and O–H groups in total. The maximum absolute atomic E-state index is 12.9. The van der Waals surface area contributed by atoms with Crippen molar-refractivity contribution in [2.75, 3.05) is 19.0 Å². The minimum absolute atomic E-state index is 0.0720. The molecule has 3 nitrogen and oxygen atoms in total. The van der Waals surface area contributed by atoms with Crippen molar-refractivity contribution in [1.29, 1.82) is 0 Å². The van der Waals surface area contributed by atoms with Gasteiger partial charge in [-0.3, -0.25) is 4.79 Å². The number of allylic oxidation sites excluding steroid dienone is 7. The van der Waals surface area contributed by atoms with Gasteiger partial charge in [0.1, 0.15) is 5.78 Å². The van der Waals surface area contributed by atoms with E-state index in [0.29, 0.717) is 23.0 Å². The summed E-state index contributed by atoms with van der Waals surface area (Å²) in [5.74, 6) is 1.64. The Balaban J connectivity index is 1.25. The first-order valence-corrected chi connectivity index (χ1v) is 13.5. The molecule has 3 aliphatic carbocycles. The minimum Gasteiger partial charge on any atom is -0.381 e. The maximum Gasteiger partial charge on any atom is 0.140 e. The van der Waals surface area contributed by atoms with E-state index in [-0.39, 0.29) is 5.92 Å². The smallest absolute Gasteiger partial charge is 0.140 e. The van der Waals surface area contributed by atoms with Crippen molar-refractivity contribution >= 4 is 11.5 Å². The van der Waals surface area contributed by atoms with E-state index >= 15 is 0 Å². The second-order valence-electron chi connectivity index (χ2n) is 11.7. The van der Waals surface area contributed by atoms with Gasteiger partial charge in [0.15, 0.2) is 0 Å². The fourth-order valence-corrected chi connectivity index (χ4v) is 6.04. The lowest BCUT2D eigenvalue weighted by molar-refractivity contribution is -0.121. The molecular formula is C32H44N2O. The van der Waals surface area contributed by atoms with Crippen molar-refractivity contribution in [3.8, 4) is 0 Å². The van der Waals surface area contributed by atoms with Crippen LogP contribution >= 0.6 is 0 Å². The summed E-state index contributed by atoms with van der Waals surface area (Å²) in [4.78, 5) is 15.0. The first-order chi connectivity index (χ1) is 16.7. The van der Waals surface area contributed by atoms with Gasteiger partial charge in [0, 0.05) is 50.3 Å². The van der Waals surface area contributed by atoms with Crippen molar-refractivity contribution in [3.63, 3.8) is 0 Å². The van der Waals surface area contributed by atoms with Gasteiger partial charge in [0.25, 0.3) is 0 Å². The third-order valence-corrected chi connectivity index (χ3v) is 8.62. The highest BCUT2D eigenvalue weighted by Crippen LogP contribution is 2.45. The van der Waals surface area contributed by atoms with E-state index in [2.05, 4.69) is 99.7 Å². The van der Waals surface area contributed by atoms with Crippen molar-refractivity contribution in [2.45, 2.75) is 72.3 Å². The van der Waals surface area contributed by atoms with E-state index in [1.165, 1.54) is 47.4 Å². The molecule has 4 rings (SSSR count). The Morgan fingerprint density at radius 3 is 2.49 bits per heavy atom. The van der Waals surface area contributed by atoms with E-state index in [9.17, 15) is 4.79 Å². The van der Waals surface area contributed by atoms with E-state index in [4.69, 9.17) is 0 Å². The fourth-order valence-electron chi connectivity index (χ4n) is 6.04. The number of Topliss-reactive ketones (excluding diaryl/α,β-unsaturated/α-hetero) is 1. The third kappa shape index (κ3) is 6.37. The average molecular weight is 473 g/mol. The van der Waals surface area contributed by atoms with Crippen LogP contribution in [0.1, 0.15) is 71.3 Å². The normalized spacial score (nSPS) is 25.5. The number of hydrogen-bond acceptors (Lipinski definition) is 3. The van der Waals surface area contributed by atoms with Crippen LogP contribution in [0.4, 0.5) is 5.69 Å². The largest absolute Gasteiger partial charge is 0.381 e. The van der Waals surface area contributed by atoms with E-state index in [1.54, 1.807) is 0 Å². The topological polar surface area (TPSA) is 32.3 Å². The molecule has 0 saturated heterocycles. The molecule has 1 fully saturated rings. The molecule has 0 heterocycles. The predicted molar refractivity (Wildman–Crippen MR) is 148 cm³/mol. The Morgan fingerprint density at radius 2 is 1.89 bits per heavy atom. The summed E-state index contributed by atoms with van der Waals surface area (Å²) in [6, 6.07) is 8.71. The number of ketones is 1. The second-order valence-corrected chi connectivity index (χ2v) is 11.7. The number of rotatable bonds is 9. The molecule has 0 amide bonds. The standard InChI is InChI=1S/C32H44N2O/c1-23-21-28(33-22-24-8-16-29(17-9-24)34(4)5)15-18-30(23)25-10-12-26(13-11-25)31(35)19-14-27-7-6-20-32(27,2)3/h8-12,15-17,21,26-27,30,33H,6-7,13-14,18-20,22H2,1-5H3. The Labute approximate surface area is 213 Å². The van der Waals surface area contributed by atoms with Crippen molar-refractivity contribution in [2.24, 2.45) is 23.2 Å². The molecule has 3 aliphatic rings. The number of anilines is 1. The van der Waals surface area contributed by atoms with Crippen molar-refractivity contribution in [1.82, 2.24) is 5.32 Å². The minimum atomic E-state index is 0.0720. The summed E-state index contributed by atoms with van der Waals surface area (Å²) in [7, 11) is 4.13. The molecule has 0 radical (unpaired) electrons. The lowest BCUT2D eigenvalue weighted by Gasteiger charge is -2.28. The molecule has 3 unspecified atom stereocenters. The zero-order valence-corrected chi connectivity index (χ0v) is 22.4. The lowest BCUT2D eigenvalue weighted by Crippen LogP contribution is -2.21. The quantitative estimate of drug-likeness (QED) is 0.407. The predicted octanol–water partition coefficient (Wildman–Crippen LogP) is 7.37. The van der Waals surface area contributed by atoms with Gasteiger partial charge < -0.3 is 10.2 Å². The summed E-state index contributed by atoms with van der Waals surface area (Å²) in [6.45, 7) is 7.82. The number of carbonyl (C=O) groups excluding carboxylic acids is 1. The zero-order chi connectivity index (χ0) is 25.0. The summed E-state index contributed by atoms with van der Waals surface area (Å²) >= 11 is 0. The molecule has 0 aromatic heterocycles. The highest BCUT2D eigenvalue weighted by Gasteiger charge is 2.34. The van der Waals surface area contributed by atoms with Gasteiger partial charge in [0.05, 0.1) is 0 Å². The first-order valence-electron chi connectivity index (χ1n) is 13.5. The van der Waals surface area contributed by atoms with E-state index in [0.717, 1.165) is 32.2 Å².